The van der Waals surface area contributed by atoms with Crippen LogP contribution in [-0.2, 0) is 0 Å². The van der Waals surface area contributed by atoms with Crippen LogP contribution >= 0.6 is 12.2 Å². The van der Waals surface area contributed by atoms with Gasteiger partial charge in [-0.15, -0.1) is 0 Å². The average Bonchev–Trinajstić information content (AvgIpc) is 2.70. The second kappa shape index (κ2) is 6.74. The molecule has 0 aromatic carbocycles. The lowest BCUT2D eigenvalue weighted by Gasteiger charge is -2.40. The minimum atomic E-state index is -0.453. The normalized spacial score (nSPS) is 31.4. The number of nitrogens with zero attached hydrogens (tertiary/aromatic N) is 1. The molecule has 1 aliphatic heterocycles. The fourth-order valence-corrected chi connectivity index (χ4v) is 3.50. The summed E-state index contributed by atoms with van der Waals surface area (Å²) in [5.74, 6) is 0.701. The van der Waals surface area contributed by atoms with Gasteiger partial charge in [-0.2, -0.15) is 0 Å². The van der Waals surface area contributed by atoms with Gasteiger partial charge in [-0.25, -0.2) is 4.79 Å². The van der Waals surface area contributed by atoms with Gasteiger partial charge >= 0.3 is 6.03 Å². The van der Waals surface area contributed by atoms with E-state index in [2.05, 4.69) is 12.2 Å². The molecule has 2 fully saturated rings. The third kappa shape index (κ3) is 3.62. The van der Waals surface area contributed by atoms with E-state index in [9.17, 15) is 4.79 Å². The fraction of sp³-hybridized carbons (Fsp3) is 0.867. The number of carbonyl (C=O) groups excluding carboxylic acids is 1. The first-order valence-corrected chi connectivity index (χ1v) is 8.31. The van der Waals surface area contributed by atoms with Crippen LogP contribution in [0.2, 0.25) is 0 Å². The Kier molecular flexibility index (Phi) is 5.24. The Bertz CT molecular complexity index is 356. The Labute approximate surface area is 127 Å². The van der Waals surface area contributed by atoms with Gasteiger partial charge in [0.05, 0.1) is 10.5 Å². The topological polar surface area (TPSA) is 58.4 Å². The molecule has 0 atom stereocenters. The number of nitrogens with one attached hydrogen (secondary N) is 1. The summed E-state index contributed by atoms with van der Waals surface area (Å²) in [6.07, 6.45) is 8.57. The summed E-state index contributed by atoms with van der Waals surface area (Å²) < 4.78 is 0. The SMILES string of the molecule is CC1CCC(NC(=O)N2CCCCCC2)(C(N)=S)CC1. The van der Waals surface area contributed by atoms with Crippen molar-refractivity contribution in [2.75, 3.05) is 13.1 Å². The molecule has 0 spiro atoms. The Hall–Kier alpha value is -0.840. The second-order valence-corrected chi connectivity index (χ2v) is 6.90. The molecule has 1 saturated carbocycles. The monoisotopic (exact) mass is 297 g/mol. The number of urea groups is 1. The molecule has 1 saturated heterocycles. The minimum absolute atomic E-state index is 0.0225. The molecule has 2 amide bonds. The highest BCUT2D eigenvalue weighted by Gasteiger charge is 2.39. The lowest BCUT2D eigenvalue weighted by atomic mass is 9.77. The van der Waals surface area contributed by atoms with Crippen molar-refractivity contribution in [2.24, 2.45) is 11.7 Å². The molecule has 4 nitrogen and oxygen atoms in total. The number of likely N-dealkylation sites (tertiary alicyclic amines) is 1. The smallest absolute Gasteiger partial charge is 0.318 e. The van der Waals surface area contributed by atoms with E-state index in [0.29, 0.717) is 10.9 Å². The van der Waals surface area contributed by atoms with E-state index in [1.54, 1.807) is 0 Å². The summed E-state index contributed by atoms with van der Waals surface area (Å²) in [6.45, 7) is 3.96. The molecule has 0 bridgehead atoms. The number of hydrogen-bond acceptors (Lipinski definition) is 2. The Morgan fingerprint density at radius 3 is 2.25 bits per heavy atom. The van der Waals surface area contributed by atoms with Gasteiger partial charge in [-0.3, -0.25) is 0 Å². The first kappa shape index (κ1) is 15.5. The molecule has 5 heteroatoms. The average molecular weight is 297 g/mol. The van der Waals surface area contributed by atoms with E-state index in [1.807, 2.05) is 4.90 Å². The summed E-state index contributed by atoms with van der Waals surface area (Å²) in [5, 5.41) is 3.17. The fourth-order valence-electron chi connectivity index (χ4n) is 3.25. The van der Waals surface area contributed by atoms with Gasteiger partial charge in [0.15, 0.2) is 0 Å². The number of hydrogen-bond donors (Lipinski definition) is 2. The molecule has 1 aliphatic carbocycles. The van der Waals surface area contributed by atoms with Crippen molar-refractivity contribution in [1.82, 2.24) is 10.2 Å². The highest BCUT2D eigenvalue weighted by molar-refractivity contribution is 7.80. The number of rotatable bonds is 2. The van der Waals surface area contributed by atoms with Crippen LogP contribution in [0.3, 0.4) is 0 Å². The first-order valence-electron chi connectivity index (χ1n) is 7.90. The van der Waals surface area contributed by atoms with Crippen LogP contribution in [0.1, 0.15) is 58.3 Å². The van der Waals surface area contributed by atoms with Crippen molar-refractivity contribution >= 4 is 23.2 Å². The Morgan fingerprint density at radius 1 is 1.20 bits per heavy atom. The van der Waals surface area contributed by atoms with E-state index in [0.717, 1.165) is 51.6 Å². The minimum Gasteiger partial charge on any atom is -0.391 e. The zero-order chi connectivity index (χ0) is 14.6. The molecule has 114 valence electrons. The summed E-state index contributed by atoms with van der Waals surface area (Å²) in [5.41, 5.74) is 5.50. The van der Waals surface area contributed by atoms with Gasteiger partial charge in [0, 0.05) is 13.1 Å². The second-order valence-electron chi connectivity index (χ2n) is 6.46. The lowest BCUT2D eigenvalue weighted by molar-refractivity contribution is 0.180. The van der Waals surface area contributed by atoms with Gasteiger partial charge in [-0.05, 0) is 44.4 Å². The van der Waals surface area contributed by atoms with E-state index in [1.165, 1.54) is 12.8 Å². The number of nitrogens with two attached hydrogens (primary N) is 1. The van der Waals surface area contributed by atoms with Crippen LogP contribution < -0.4 is 11.1 Å². The summed E-state index contributed by atoms with van der Waals surface area (Å²) in [6, 6.07) is 0.0225. The van der Waals surface area contributed by atoms with Crippen molar-refractivity contribution < 1.29 is 4.79 Å². The third-order valence-electron chi connectivity index (χ3n) is 4.84. The third-order valence-corrected chi connectivity index (χ3v) is 5.23. The Balaban J connectivity index is 2.00. The van der Waals surface area contributed by atoms with E-state index in [4.69, 9.17) is 18.0 Å². The summed E-state index contributed by atoms with van der Waals surface area (Å²) in [4.78, 5) is 14.9. The molecule has 3 N–H and O–H groups in total. The standard InChI is InChI=1S/C15H27N3OS/c1-12-6-8-15(9-7-12,13(16)20)17-14(19)18-10-4-2-3-5-11-18/h12H,2-11H2,1H3,(H2,16,20)(H,17,19). The Morgan fingerprint density at radius 2 is 1.75 bits per heavy atom. The van der Waals surface area contributed by atoms with Gasteiger partial charge in [0.2, 0.25) is 0 Å². The molecule has 2 rings (SSSR count). The summed E-state index contributed by atoms with van der Waals surface area (Å²) >= 11 is 5.26. The predicted octanol–water partition coefficient (Wildman–Crippen LogP) is 2.81. The van der Waals surface area contributed by atoms with Gasteiger partial charge < -0.3 is 16.0 Å². The number of carbonyl (C=O) groups is 1. The first-order chi connectivity index (χ1) is 9.53. The van der Waals surface area contributed by atoms with Crippen LogP contribution in [-0.4, -0.2) is 34.5 Å². The van der Waals surface area contributed by atoms with Gasteiger partial charge in [0.1, 0.15) is 0 Å². The maximum Gasteiger partial charge on any atom is 0.318 e. The van der Waals surface area contributed by atoms with Crippen LogP contribution in [0.5, 0.6) is 0 Å². The molecule has 0 aromatic rings. The van der Waals surface area contributed by atoms with Crippen LogP contribution in [0.15, 0.2) is 0 Å². The highest BCUT2D eigenvalue weighted by atomic mass is 32.1. The van der Waals surface area contributed by atoms with E-state index >= 15 is 0 Å². The van der Waals surface area contributed by atoms with Crippen molar-refractivity contribution in [3.05, 3.63) is 0 Å². The lowest BCUT2D eigenvalue weighted by Crippen LogP contribution is -2.60. The van der Waals surface area contributed by atoms with Crippen LogP contribution in [0.25, 0.3) is 0 Å². The summed E-state index contributed by atoms with van der Waals surface area (Å²) in [7, 11) is 0. The predicted molar refractivity (Wildman–Crippen MR) is 85.7 cm³/mol. The van der Waals surface area contributed by atoms with Gasteiger partial charge in [-0.1, -0.05) is 32.0 Å². The maximum atomic E-state index is 12.5. The molecule has 0 radical (unpaired) electrons. The number of thiocarbonyl (C=S) groups is 1. The quantitative estimate of drug-likeness (QED) is 0.771. The van der Waals surface area contributed by atoms with Crippen molar-refractivity contribution in [1.29, 1.82) is 0 Å². The molecule has 0 aromatic heterocycles. The number of amides is 2. The van der Waals surface area contributed by atoms with E-state index in [-0.39, 0.29) is 6.03 Å². The molecule has 1 heterocycles. The largest absolute Gasteiger partial charge is 0.391 e. The van der Waals surface area contributed by atoms with Crippen molar-refractivity contribution in [3.63, 3.8) is 0 Å². The van der Waals surface area contributed by atoms with Crippen LogP contribution in [0.4, 0.5) is 4.79 Å². The molecule has 20 heavy (non-hydrogen) atoms. The maximum absolute atomic E-state index is 12.5. The molecule has 2 aliphatic rings. The molecular formula is C15H27N3OS. The highest BCUT2D eigenvalue weighted by Crippen LogP contribution is 2.32. The van der Waals surface area contributed by atoms with Crippen molar-refractivity contribution in [3.8, 4) is 0 Å². The van der Waals surface area contributed by atoms with Gasteiger partial charge in [0.25, 0.3) is 0 Å². The van der Waals surface area contributed by atoms with Crippen LogP contribution in [0, 0.1) is 5.92 Å². The van der Waals surface area contributed by atoms with E-state index < -0.39 is 5.54 Å². The van der Waals surface area contributed by atoms with Crippen molar-refractivity contribution in [2.45, 2.75) is 63.8 Å². The molecular weight excluding hydrogens is 270 g/mol. The zero-order valence-electron chi connectivity index (χ0n) is 12.5. The zero-order valence-corrected chi connectivity index (χ0v) is 13.3. The molecule has 0 unspecified atom stereocenters.